The zero-order valence-electron chi connectivity index (χ0n) is 9.53. The number of likely N-dealkylation sites (tertiary alicyclic amines) is 1. The van der Waals surface area contributed by atoms with Gasteiger partial charge in [-0.15, -0.1) is 11.6 Å². The lowest BCUT2D eigenvalue weighted by atomic mass is 10.1. The van der Waals surface area contributed by atoms with Crippen LogP contribution in [-0.2, 0) is 11.2 Å². The Morgan fingerprint density at radius 3 is 2.88 bits per heavy atom. The number of carbonyl (C=O) groups excluding carboxylic acids is 1. The van der Waals surface area contributed by atoms with Crippen molar-refractivity contribution in [3.63, 3.8) is 0 Å². The lowest BCUT2D eigenvalue weighted by Gasteiger charge is -2.23. The molecule has 92 valence electrons. The van der Waals surface area contributed by atoms with Gasteiger partial charge in [-0.25, -0.2) is 0 Å². The monoisotopic (exact) mass is 271 g/mol. The van der Waals surface area contributed by atoms with Crippen molar-refractivity contribution in [2.75, 3.05) is 12.4 Å². The van der Waals surface area contributed by atoms with Crippen LogP contribution in [0.2, 0.25) is 5.02 Å². The highest BCUT2D eigenvalue weighted by Gasteiger charge is 2.27. The largest absolute Gasteiger partial charge is 0.338 e. The molecule has 0 N–H and O–H groups in total. The highest BCUT2D eigenvalue weighted by Crippen LogP contribution is 2.21. The Labute approximate surface area is 112 Å². The number of carbonyl (C=O) groups is 1. The molecule has 1 aromatic carbocycles. The molecule has 0 saturated carbocycles. The second-order valence-corrected chi connectivity index (χ2v) is 5.02. The van der Waals surface area contributed by atoms with E-state index in [2.05, 4.69) is 0 Å². The number of amides is 1. The summed E-state index contributed by atoms with van der Waals surface area (Å²) in [6, 6.07) is 7.68. The molecule has 0 spiro atoms. The summed E-state index contributed by atoms with van der Waals surface area (Å²) < 4.78 is 0. The van der Waals surface area contributed by atoms with Crippen LogP contribution in [0.5, 0.6) is 0 Å². The van der Waals surface area contributed by atoms with Gasteiger partial charge >= 0.3 is 0 Å². The second kappa shape index (κ2) is 5.74. The van der Waals surface area contributed by atoms with Crippen molar-refractivity contribution in [1.82, 2.24) is 4.90 Å². The number of benzene rings is 1. The van der Waals surface area contributed by atoms with E-state index in [0.29, 0.717) is 17.3 Å². The van der Waals surface area contributed by atoms with Gasteiger partial charge in [0, 0.05) is 23.5 Å². The fraction of sp³-hybridized carbons (Fsp3) is 0.462. The van der Waals surface area contributed by atoms with E-state index in [-0.39, 0.29) is 11.9 Å². The van der Waals surface area contributed by atoms with Crippen molar-refractivity contribution in [1.29, 1.82) is 0 Å². The van der Waals surface area contributed by atoms with Gasteiger partial charge < -0.3 is 4.90 Å². The fourth-order valence-electron chi connectivity index (χ4n) is 2.23. The Morgan fingerprint density at radius 1 is 1.41 bits per heavy atom. The van der Waals surface area contributed by atoms with Crippen LogP contribution in [-0.4, -0.2) is 29.3 Å². The third kappa shape index (κ3) is 2.93. The molecule has 1 amide bonds. The number of halogens is 2. The summed E-state index contributed by atoms with van der Waals surface area (Å²) in [7, 11) is 0. The maximum atomic E-state index is 12.1. The Bertz CT molecular complexity index is 408. The highest BCUT2D eigenvalue weighted by molar-refractivity contribution is 6.31. The zero-order valence-corrected chi connectivity index (χ0v) is 11.0. The Hall–Kier alpha value is -0.730. The molecule has 1 saturated heterocycles. The van der Waals surface area contributed by atoms with Crippen LogP contribution in [0.3, 0.4) is 0 Å². The van der Waals surface area contributed by atoms with Gasteiger partial charge in [0.1, 0.15) is 0 Å². The fourth-order valence-corrected chi connectivity index (χ4v) is 2.75. The minimum atomic E-state index is 0.126. The van der Waals surface area contributed by atoms with Crippen molar-refractivity contribution in [3.8, 4) is 0 Å². The predicted octanol–water partition coefficient (Wildman–Crippen LogP) is 3.11. The molecule has 1 heterocycles. The first kappa shape index (κ1) is 12.7. The molecule has 1 aliphatic rings. The van der Waals surface area contributed by atoms with E-state index in [1.165, 1.54) is 0 Å². The molecule has 1 atom stereocenters. The van der Waals surface area contributed by atoms with Gasteiger partial charge in [0.05, 0.1) is 6.42 Å². The molecule has 1 aliphatic heterocycles. The Kier molecular flexibility index (Phi) is 4.30. The lowest BCUT2D eigenvalue weighted by Crippen LogP contribution is -2.37. The first-order chi connectivity index (χ1) is 8.22. The number of alkyl halides is 1. The van der Waals surface area contributed by atoms with Crippen molar-refractivity contribution in [2.45, 2.75) is 25.3 Å². The SMILES string of the molecule is O=C(Cc1ccccc1Cl)N1CCCC1CCl. The molecule has 0 aliphatic carbocycles. The maximum Gasteiger partial charge on any atom is 0.227 e. The molecule has 4 heteroatoms. The van der Waals surface area contributed by atoms with Gasteiger partial charge in [0.15, 0.2) is 0 Å². The van der Waals surface area contributed by atoms with Crippen molar-refractivity contribution < 1.29 is 4.79 Å². The summed E-state index contributed by atoms with van der Waals surface area (Å²) in [6.07, 6.45) is 2.43. The standard InChI is InChI=1S/C13H15Cl2NO/c14-9-11-5-3-7-16(11)13(17)8-10-4-1-2-6-12(10)15/h1-2,4,6,11H,3,5,7-9H2. The van der Waals surface area contributed by atoms with Gasteiger partial charge in [-0.3, -0.25) is 4.79 Å². The number of hydrogen-bond acceptors (Lipinski definition) is 1. The topological polar surface area (TPSA) is 20.3 Å². The van der Waals surface area contributed by atoms with E-state index in [9.17, 15) is 4.79 Å². The molecular formula is C13H15Cl2NO. The van der Waals surface area contributed by atoms with Crippen molar-refractivity contribution in [2.24, 2.45) is 0 Å². The molecule has 0 aromatic heterocycles. The van der Waals surface area contributed by atoms with E-state index in [1.54, 1.807) is 0 Å². The predicted molar refractivity (Wildman–Crippen MR) is 70.6 cm³/mol. The normalized spacial score (nSPS) is 19.6. The molecule has 1 fully saturated rings. The van der Waals surface area contributed by atoms with Gasteiger partial charge in [0.2, 0.25) is 5.91 Å². The Morgan fingerprint density at radius 2 is 2.18 bits per heavy atom. The third-order valence-electron chi connectivity index (χ3n) is 3.18. The summed E-state index contributed by atoms with van der Waals surface area (Å²) in [4.78, 5) is 14.0. The van der Waals surface area contributed by atoms with Gasteiger partial charge in [-0.2, -0.15) is 0 Å². The maximum absolute atomic E-state index is 12.1. The van der Waals surface area contributed by atoms with Crippen LogP contribution in [0.25, 0.3) is 0 Å². The average Bonchev–Trinajstić information content (AvgIpc) is 2.80. The quantitative estimate of drug-likeness (QED) is 0.774. The third-order valence-corrected chi connectivity index (χ3v) is 3.90. The second-order valence-electron chi connectivity index (χ2n) is 4.31. The molecule has 0 radical (unpaired) electrons. The molecule has 2 rings (SSSR count). The van der Waals surface area contributed by atoms with Crippen molar-refractivity contribution in [3.05, 3.63) is 34.9 Å². The van der Waals surface area contributed by atoms with Crippen LogP contribution < -0.4 is 0 Å². The van der Waals surface area contributed by atoms with Crippen LogP contribution in [0.15, 0.2) is 24.3 Å². The van der Waals surface area contributed by atoms with E-state index in [4.69, 9.17) is 23.2 Å². The first-order valence-corrected chi connectivity index (χ1v) is 6.72. The van der Waals surface area contributed by atoms with E-state index >= 15 is 0 Å². The number of hydrogen-bond donors (Lipinski definition) is 0. The molecule has 2 nitrogen and oxygen atoms in total. The van der Waals surface area contributed by atoms with E-state index < -0.39 is 0 Å². The molecule has 17 heavy (non-hydrogen) atoms. The summed E-state index contributed by atoms with van der Waals surface area (Å²) in [5.74, 6) is 0.648. The molecule has 1 aromatic rings. The number of nitrogens with zero attached hydrogens (tertiary/aromatic N) is 1. The molecule has 1 unspecified atom stereocenters. The average molecular weight is 272 g/mol. The summed E-state index contributed by atoms with van der Waals surface area (Å²) >= 11 is 11.9. The van der Waals surface area contributed by atoms with Crippen molar-refractivity contribution >= 4 is 29.1 Å². The van der Waals surface area contributed by atoms with Crippen LogP contribution in [0, 0.1) is 0 Å². The minimum absolute atomic E-state index is 0.126. The molecular weight excluding hydrogens is 257 g/mol. The van der Waals surface area contributed by atoms with E-state index in [0.717, 1.165) is 24.9 Å². The highest BCUT2D eigenvalue weighted by atomic mass is 35.5. The Balaban J connectivity index is 2.04. The smallest absolute Gasteiger partial charge is 0.227 e. The van der Waals surface area contributed by atoms with Crippen LogP contribution in [0.1, 0.15) is 18.4 Å². The first-order valence-electron chi connectivity index (χ1n) is 5.81. The summed E-state index contributed by atoms with van der Waals surface area (Å²) in [6.45, 7) is 0.820. The number of rotatable bonds is 3. The van der Waals surface area contributed by atoms with E-state index in [1.807, 2.05) is 29.2 Å². The van der Waals surface area contributed by atoms with Crippen LogP contribution in [0.4, 0.5) is 0 Å². The van der Waals surface area contributed by atoms with Gasteiger partial charge in [-0.1, -0.05) is 29.8 Å². The van der Waals surface area contributed by atoms with Gasteiger partial charge in [0.25, 0.3) is 0 Å². The minimum Gasteiger partial charge on any atom is -0.338 e. The van der Waals surface area contributed by atoms with Crippen LogP contribution >= 0.6 is 23.2 Å². The lowest BCUT2D eigenvalue weighted by molar-refractivity contribution is -0.130. The summed E-state index contributed by atoms with van der Waals surface area (Å²) in [5.41, 5.74) is 0.888. The molecule has 0 bridgehead atoms. The van der Waals surface area contributed by atoms with Gasteiger partial charge in [-0.05, 0) is 24.5 Å². The zero-order chi connectivity index (χ0) is 12.3. The summed E-state index contributed by atoms with van der Waals surface area (Å²) in [5, 5.41) is 0.655.